The maximum atomic E-state index is 12.6. The second-order valence-corrected chi connectivity index (χ2v) is 10.1. The molecule has 0 unspecified atom stereocenters. The lowest BCUT2D eigenvalue weighted by Gasteiger charge is -2.33. The van der Waals surface area contributed by atoms with Crippen LogP contribution in [0.2, 0.25) is 0 Å². The third-order valence-electron chi connectivity index (χ3n) is 4.36. The largest absolute Gasteiger partial charge is 0.269 e. The Morgan fingerprint density at radius 2 is 1.57 bits per heavy atom. The average Bonchev–Trinajstić information content (AvgIpc) is 2.69. The van der Waals surface area contributed by atoms with Gasteiger partial charge in [0.25, 0.3) is 5.69 Å². The number of benzene rings is 1. The van der Waals surface area contributed by atoms with E-state index in [1.807, 2.05) is 0 Å². The Kier molecular flexibility index (Phi) is 5.74. The summed E-state index contributed by atoms with van der Waals surface area (Å²) in [5.41, 5.74) is 0.311. The molecule has 1 saturated heterocycles. The first kappa shape index (κ1) is 20.3. The number of pyridine rings is 1. The molecule has 0 spiro atoms. The molecule has 0 saturated carbocycles. The fraction of sp³-hybridized carbons (Fsp3) is 0.312. The third-order valence-corrected chi connectivity index (χ3v) is 8.09. The van der Waals surface area contributed by atoms with Crippen LogP contribution in [0.15, 0.2) is 53.7 Å². The van der Waals surface area contributed by atoms with E-state index in [2.05, 4.69) is 4.98 Å². The second kappa shape index (κ2) is 7.91. The molecule has 1 aliphatic heterocycles. The standard InChI is InChI=1S/C16H18N4O6S2/c21-20(22)15-5-3-14(4-6-15)13-27(23,24)18-8-10-19(11-9-18)28(25,26)16-2-1-7-17-12-16/h1-7,12H,8-11,13H2. The number of aromatic nitrogens is 1. The van der Waals surface area contributed by atoms with Gasteiger partial charge in [0.1, 0.15) is 4.90 Å². The van der Waals surface area contributed by atoms with E-state index in [0.29, 0.717) is 5.56 Å². The summed E-state index contributed by atoms with van der Waals surface area (Å²) >= 11 is 0. The number of hydrogen-bond donors (Lipinski definition) is 0. The Morgan fingerprint density at radius 1 is 0.964 bits per heavy atom. The maximum Gasteiger partial charge on any atom is 0.269 e. The van der Waals surface area contributed by atoms with Crippen LogP contribution in [-0.4, -0.2) is 61.5 Å². The van der Waals surface area contributed by atoms with Gasteiger partial charge in [0.15, 0.2) is 0 Å². The zero-order chi connectivity index (χ0) is 20.4. The highest BCUT2D eigenvalue weighted by molar-refractivity contribution is 7.89. The lowest BCUT2D eigenvalue weighted by molar-refractivity contribution is -0.384. The molecule has 1 aliphatic rings. The van der Waals surface area contributed by atoms with E-state index in [0.717, 1.165) is 0 Å². The molecule has 0 bridgehead atoms. The van der Waals surface area contributed by atoms with Crippen molar-refractivity contribution in [2.45, 2.75) is 10.6 Å². The van der Waals surface area contributed by atoms with E-state index < -0.39 is 25.0 Å². The zero-order valence-electron chi connectivity index (χ0n) is 14.7. The Morgan fingerprint density at radius 3 is 2.11 bits per heavy atom. The molecule has 3 rings (SSSR count). The van der Waals surface area contributed by atoms with Crippen molar-refractivity contribution < 1.29 is 21.8 Å². The number of piperazine rings is 1. The van der Waals surface area contributed by atoms with Crippen molar-refractivity contribution in [2.75, 3.05) is 26.2 Å². The van der Waals surface area contributed by atoms with E-state index in [9.17, 15) is 26.9 Å². The molecule has 0 atom stereocenters. The normalized spacial score (nSPS) is 16.7. The summed E-state index contributed by atoms with van der Waals surface area (Å²) in [6, 6.07) is 8.28. The SMILES string of the molecule is O=[N+]([O-])c1ccc(CS(=O)(=O)N2CCN(S(=O)(=O)c3cccnc3)CC2)cc1. The van der Waals surface area contributed by atoms with Gasteiger partial charge < -0.3 is 0 Å². The molecule has 1 aromatic heterocycles. The van der Waals surface area contributed by atoms with Crippen molar-refractivity contribution >= 4 is 25.7 Å². The number of sulfonamides is 2. The lowest BCUT2D eigenvalue weighted by Crippen LogP contribution is -2.50. The number of nitro groups is 1. The maximum absolute atomic E-state index is 12.6. The fourth-order valence-electron chi connectivity index (χ4n) is 2.85. The molecule has 1 fully saturated rings. The van der Waals surface area contributed by atoms with E-state index in [1.165, 1.54) is 57.4 Å². The van der Waals surface area contributed by atoms with Crippen LogP contribution >= 0.6 is 0 Å². The van der Waals surface area contributed by atoms with Gasteiger partial charge in [-0.3, -0.25) is 15.1 Å². The highest BCUT2D eigenvalue weighted by atomic mass is 32.2. The minimum Gasteiger partial charge on any atom is -0.263 e. The van der Waals surface area contributed by atoms with Crippen molar-refractivity contribution in [1.82, 2.24) is 13.6 Å². The minimum absolute atomic E-state index is 0.0365. The molecule has 0 N–H and O–H groups in total. The molecule has 2 aromatic rings. The molecule has 28 heavy (non-hydrogen) atoms. The van der Waals surface area contributed by atoms with Crippen LogP contribution in [0.3, 0.4) is 0 Å². The minimum atomic E-state index is -3.72. The number of non-ortho nitro benzene ring substituents is 1. The topological polar surface area (TPSA) is 131 Å². The predicted octanol–water partition coefficient (Wildman–Crippen LogP) is 0.826. The van der Waals surface area contributed by atoms with Crippen molar-refractivity contribution in [1.29, 1.82) is 0 Å². The zero-order valence-corrected chi connectivity index (χ0v) is 16.3. The molecular formula is C16H18N4O6S2. The molecule has 0 aliphatic carbocycles. The van der Waals surface area contributed by atoms with Crippen LogP contribution in [0.4, 0.5) is 5.69 Å². The summed E-state index contributed by atoms with van der Waals surface area (Å²) < 4.78 is 52.9. The van der Waals surface area contributed by atoms with E-state index in [4.69, 9.17) is 0 Å². The van der Waals surface area contributed by atoms with Gasteiger partial charge in [-0.15, -0.1) is 0 Å². The second-order valence-electron chi connectivity index (χ2n) is 6.17. The van der Waals surface area contributed by atoms with E-state index >= 15 is 0 Å². The fourth-order valence-corrected chi connectivity index (χ4v) is 5.76. The summed E-state index contributed by atoms with van der Waals surface area (Å²) in [7, 11) is -7.39. The van der Waals surface area contributed by atoms with Gasteiger partial charge in [0.2, 0.25) is 20.0 Å². The van der Waals surface area contributed by atoms with Crippen LogP contribution in [0.25, 0.3) is 0 Å². The number of rotatable bonds is 6. The van der Waals surface area contributed by atoms with Crippen LogP contribution in [0.5, 0.6) is 0 Å². The molecular weight excluding hydrogens is 408 g/mol. The Balaban J connectivity index is 1.66. The Hall–Kier alpha value is -2.41. The molecule has 2 heterocycles. The Bertz CT molecular complexity index is 1050. The smallest absolute Gasteiger partial charge is 0.263 e. The van der Waals surface area contributed by atoms with Crippen LogP contribution in [-0.2, 0) is 25.8 Å². The highest BCUT2D eigenvalue weighted by Gasteiger charge is 2.33. The Labute approximate surface area is 162 Å². The molecule has 0 amide bonds. The molecule has 150 valence electrons. The number of hydrogen-bond acceptors (Lipinski definition) is 7. The van der Waals surface area contributed by atoms with Gasteiger partial charge in [0, 0.05) is 50.7 Å². The molecule has 12 heteroatoms. The first-order valence-electron chi connectivity index (χ1n) is 8.31. The van der Waals surface area contributed by atoms with Gasteiger partial charge in [-0.25, -0.2) is 16.8 Å². The average molecular weight is 426 g/mol. The first-order valence-corrected chi connectivity index (χ1v) is 11.4. The molecule has 0 radical (unpaired) electrons. The van der Waals surface area contributed by atoms with Gasteiger partial charge in [0.05, 0.1) is 10.7 Å². The first-order chi connectivity index (χ1) is 13.2. The predicted molar refractivity (Wildman–Crippen MR) is 100 cm³/mol. The molecule has 10 nitrogen and oxygen atoms in total. The van der Waals surface area contributed by atoms with Crippen molar-refractivity contribution in [2.24, 2.45) is 0 Å². The van der Waals surface area contributed by atoms with Crippen molar-refractivity contribution in [3.8, 4) is 0 Å². The van der Waals surface area contributed by atoms with Gasteiger partial charge in [-0.05, 0) is 17.7 Å². The van der Waals surface area contributed by atoms with Crippen molar-refractivity contribution in [3.63, 3.8) is 0 Å². The summed E-state index contributed by atoms with van der Waals surface area (Å²) in [5.74, 6) is -0.305. The van der Waals surface area contributed by atoms with Crippen molar-refractivity contribution in [3.05, 3.63) is 64.5 Å². The molecule has 1 aromatic carbocycles. The monoisotopic (exact) mass is 426 g/mol. The van der Waals surface area contributed by atoms with Crippen LogP contribution < -0.4 is 0 Å². The summed E-state index contributed by atoms with van der Waals surface area (Å²) in [5, 5.41) is 10.7. The van der Waals surface area contributed by atoms with Crippen LogP contribution in [0, 0.1) is 10.1 Å². The number of nitro benzene ring substituents is 1. The van der Waals surface area contributed by atoms with Crippen LogP contribution in [0.1, 0.15) is 5.56 Å². The van der Waals surface area contributed by atoms with Gasteiger partial charge in [-0.2, -0.15) is 8.61 Å². The number of nitrogens with zero attached hydrogens (tertiary/aromatic N) is 4. The quantitative estimate of drug-likeness (QED) is 0.494. The summed E-state index contributed by atoms with van der Waals surface area (Å²) in [6.07, 6.45) is 2.73. The summed E-state index contributed by atoms with van der Waals surface area (Å²) in [4.78, 5) is 14.0. The van der Waals surface area contributed by atoms with E-state index in [-0.39, 0.29) is 42.5 Å². The lowest BCUT2D eigenvalue weighted by atomic mass is 10.2. The van der Waals surface area contributed by atoms with Gasteiger partial charge >= 0.3 is 0 Å². The third kappa shape index (κ3) is 4.35. The highest BCUT2D eigenvalue weighted by Crippen LogP contribution is 2.20. The van der Waals surface area contributed by atoms with E-state index in [1.54, 1.807) is 0 Å². The summed E-state index contributed by atoms with van der Waals surface area (Å²) in [6.45, 7) is 0.150. The van der Waals surface area contributed by atoms with Gasteiger partial charge in [-0.1, -0.05) is 12.1 Å².